The minimum absolute atomic E-state index is 0.0344. The molecule has 1 amide bonds. The van der Waals surface area contributed by atoms with Crippen LogP contribution in [0.4, 0.5) is 0 Å². The van der Waals surface area contributed by atoms with Crippen LogP contribution in [0.15, 0.2) is 46.3 Å². The number of aromatic nitrogens is 2. The van der Waals surface area contributed by atoms with Crippen molar-refractivity contribution in [3.63, 3.8) is 0 Å². The number of carbonyl (C=O) groups is 1. The fraction of sp³-hybridized carbons (Fsp3) is 0.235. The Labute approximate surface area is 148 Å². The van der Waals surface area contributed by atoms with Crippen LogP contribution in [0.1, 0.15) is 17.9 Å². The zero-order valence-corrected chi connectivity index (χ0v) is 14.4. The lowest BCUT2D eigenvalue weighted by atomic mass is 10.1. The molecule has 1 N–H and O–H groups in total. The van der Waals surface area contributed by atoms with Crippen molar-refractivity contribution >= 4 is 28.8 Å². The molecule has 124 valence electrons. The standard InChI is InChI=1S/C17H16ClN3O2S/c18-13-4-1-3-12(11-13)8-9-19-15(22)6-7-16-20-17(21-23-16)14-5-2-10-24-14/h1-5,10-11H,6-9H2,(H,19,22). The molecule has 3 aromatic rings. The smallest absolute Gasteiger partial charge is 0.227 e. The number of nitrogens with zero attached hydrogens (tertiary/aromatic N) is 2. The van der Waals surface area contributed by atoms with E-state index in [0.717, 1.165) is 16.9 Å². The highest BCUT2D eigenvalue weighted by Gasteiger charge is 2.11. The summed E-state index contributed by atoms with van der Waals surface area (Å²) in [7, 11) is 0. The molecule has 24 heavy (non-hydrogen) atoms. The fourth-order valence-electron chi connectivity index (χ4n) is 2.21. The monoisotopic (exact) mass is 361 g/mol. The van der Waals surface area contributed by atoms with Gasteiger partial charge in [-0.3, -0.25) is 4.79 Å². The van der Waals surface area contributed by atoms with E-state index in [0.29, 0.717) is 36.1 Å². The molecule has 2 heterocycles. The van der Waals surface area contributed by atoms with Crippen molar-refractivity contribution in [2.75, 3.05) is 6.54 Å². The number of hydrogen-bond acceptors (Lipinski definition) is 5. The van der Waals surface area contributed by atoms with E-state index in [1.54, 1.807) is 11.3 Å². The Morgan fingerprint density at radius 2 is 2.17 bits per heavy atom. The number of rotatable bonds is 7. The summed E-state index contributed by atoms with van der Waals surface area (Å²) in [6, 6.07) is 11.5. The maximum atomic E-state index is 11.9. The molecule has 2 aromatic heterocycles. The Bertz CT molecular complexity index is 802. The van der Waals surface area contributed by atoms with Gasteiger partial charge in [0.05, 0.1) is 4.88 Å². The minimum atomic E-state index is -0.0344. The van der Waals surface area contributed by atoms with E-state index in [-0.39, 0.29) is 5.91 Å². The van der Waals surface area contributed by atoms with Crippen molar-refractivity contribution in [2.24, 2.45) is 0 Å². The van der Waals surface area contributed by atoms with Gasteiger partial charge in [-0.15, -0.1) is 11.3 Å². The Balaban J connectivity index is 1.41. The maximum Gasteiger partial charge on any atom is 0.227 e. The highest BCUT2D eigenvalue weighted by atomic mass is 35.5. The summed E-state index contributed by atoms with van der Waals surface area (Å²) >= 11 is 7.48. The van der Waals surface area contributed by atoms with Crippen LogP contribution in [0.2, 0.25) is 5.02 Å². The van der Waals surface area contributed by atoms with Gasteiger partial charge in [0.15, 0.2) is 0 Å². The largest absolute Gasteiger partial charge is 0.356 e. The lowest BCUT2D eigenvalue weighted by Crippen LogP contribution is -2.25. The van der Waals surface area contributed by atoms with E-state index in [1.807, 2.05) is 41.8 Å². The normalized spacial score (nSPS) is 10.7. The third-order valence-corrected chi connectivity index (χ3v) is 4.50. The number of amides is 1. The van der Waals surface area contributed by atoms with Gasteiger partial charge in [0.1, 0.15) is 0 Å². The highest BCUT2D eigenvalue weighted by molar-refractivity contribution is 7.13. The quantitative estimate of drug-likeness (QED) is 0.696. The molecule has 5 nitrogen and oxygen atoms in total. The SMILES string of the molecule is O=C(CCc1nc(-c2cccs2)no1)NCCc1cccc(Cl)c1. The molecule has 0 aliphatic carbocycles. The Kier molecular flexibility index (Phi) is 5.61. The van der Waals surface area contributed by atoms with E-state index >= 15 is 0 Å². The van der Waals surface area contributed by atoms with Gasteiger partial charge in [0.2, 0.25) is 17.6 Å². The molecule has 0 radical (unpaired) electrons. The van der Waals surface area contributed by atoms with Crippen LogP contribution in [-0.4, -0.2) is 22.6 Å². The molecular weight excluding hydrogens is 346 g/mol. The van der Waals surface area contributed by atoms with Gasteiger partial charge in [-0.25, -0.2) is 0 Å². The van der Waals surface area contributed by atoms with Gasteiger partial charge in [0.25, 0.3) is 0 Å². The van der Waals surface area contributed by atoms with Crippen LogP contribution in [0.25, 0.3) is 10.7 Å². The predicted molar refractivity (Wildman–Crippen MR) is 94.1 cm³/mol. The molecule has 1 aromatic carbocycles. The van der Waals surface area contributed by atoms with Gasteiger partial charge in [0, 0.05) is 24.4 Å². The first-order valence-electron chi connectivity index (χ1n) is 7.58. The van der Waals surface area contributed by atoms with Crippen molar-refractivity contribution < 1.29 is 9.32 Å². The number of benzene rings is 1. The first kappa shape index (κ1) is 16.7. The Morgan fingerprint density at radius 3 is 2.96 bits per heavy atom. The van der Waals surface area contributed by atoms with Crippen molar-refractivity contribution in [2.45, 2.75) is 19.3 Å². The second-order valence-electron chi connectivity index (χ2n) is 5.22. The molecule has 0 saturated carbocycles. The zero-order chi connectivity index (χ0) is 16.8. The van der Waals surface area contributed by atoms with E-state index in [1.165, 1.54) is 0 Å². The van der Waals surface area contributed by atoms with Crippen molar-refractivity contribution in [1.82, 2.24) is 15.5 Å². The lowest BCUT2D eigenvalue weighted by Gasteiger charge is -2.04. The maximum absolute atomic E-state index is 11.9. The summed E-state index contributed by atoms with van der Waals surface area (Å²) < 4.78 is 5.18. The van der Waals surface area contributed by atoms with Crippen LogP contribution in [0.5, 0.6) is 0 Å². The molecule has 0 aliphatic rings. The Morgan fingerprint density at radius 1 is 1.25 bits per heavy atom. The number of halogens is 1. The van der Waals surface area contributed by atoms with Gasteiger partial charge in [-0.2, -0.15) is 4.98 Å². The van der Waals surface area contributed by atoms with Gasteiger partial charge >= 0.3 is 0 Å². The summed E-state index contributed by atoms with van der Waals surface area (Å²) in [4.78, 5) is 17.1. The van der Waals surface area contributed by atoms with Crippen molar-refractivity contribution in [3.8, 4) is 10.7 Å². The third-order valence-electron chi connectivity index (χ3n) is 3.40. The van der Waals surface area contributed by atoms with Crippen LogP contribution in [-0.2, 0) is 17.6 Å². The van der Waals surface area contributed by atoms with Crippen molar-refractivity contribution in [3.05, 3.63) is 58.3 Å². The van der Waals surface area contributed by atoms with Crippen molar-refractivity contribution in [1.29, 1.82) is 0 Å². The molecule has 0 aliphatic heterocycles. The molecule has 7 heteroatoms. The average molecular weight is 362 g/mol. The molecule has 3 rings (SSSR count). The number of thiophene rings is 1. The fourth-order valence-corrected chi connectivity index (χ4v) is 3.07. The van der Waals surface area contributed by atoms with Gasteiger partial charge < -0.3 is 9.84 Å². The van der Waals surface area contributed by atoms with E-state index < -0.39 is 0 Å². The number of aryl methyl sites for hydroxylation is 1. The molecule has 0 unspecified atom stereocenters. The molecule has 0 fully saturated rings. The Hall–Kier alpha value is -2.18. The number of hydrogen-bond donors (Lipinski definition) is 1. The molecule has 0 atom stereocenters. The van der Waals surface area contributed by atoms with Crippen LogP contribution >= 0.6 is 22.9 Å². The molecular formula is C17H16ClN3O2S. The van der Waals surface area contributed by atoms with Gasteiger partial charge in [-0.1, -0.05) is 35.0 Å². The first-order valence-corrected chi connectivity index (χ1v) is 8.84. The first-order chi connectivity index (χ1) is 11.7. The van der Waals surface area contributed by atoms with Crippen LogP contribution in [0, 0.1) is 0 Å². The summed E-state index contributed by atoms with van der Waals surface area (Å²) in [6.07, 6.45) is 1.50. The summed E-state index contributed by atoms with van der Waals surface area (Å²) in [5.74, 6) is 1.01. The second-order valence-corrected chi connectivity index (χ2v) is 6.60. The lowest BCUT2D eigenvalue weighted by molar-refractivity contribution is -0.121. The highest BCUT2D eigenvalue weighted by Crippen LogP contribution is 2.21. The molecule has 0 saturated heterocycles. The summed E-state index contributed by atoms with van der Waals surface area (Å²) in [6.45, 7) is 0.573. The van der Waals surface area contributed by atoms with Crippen LogP contribution < -0.4 is 5.32 Å². The topological polar surface area (TPSA) is 68.0 Å². The van der Waals surface area contributed by atoms with E-state index in [9.17, 15) is 4.79 Å². The van der Waals surface area contributed by atoms with Crippen LogP contribution in [0.3, 0.4) is 0 Å². The van der Waals surface area contributed by atoms with E-state index in [4.69, 9.17) is 16.1 Å². The molecule has 0 bridgehead atoms. The average Bonchev–Trinajstić information content (AvgIpc) is 3.24. The summed E-state index contributed by atoms with van der Waals surface area (Å²) in [5, 5.41) is 9.47. The number of carbonyl (C=O) groups excluding carboxylic acids is 1. The second kappa shape index (κ2) is 8.08. The van der Waals surface area contributed by atoms with Gasteiger partial charge in [-0.05, 0) is 35.6 Å². The van der Waals surface area contributed by atoms with E-state index in [2.05, 4.69) is 15.5 Å². The molecule has 0 spiro atoms. The number of nitrogens with one attached hydrogen (secondary N) is 1. The zero-order valence-electron chi connectivity index (χ0n) is 12.9. The predicted octanol–water partition coefficient (Wildman–Crippen LogP) is 3.74. The summed E-state index contributed by atoms with van der Waals surface area (Å²) in [5.41, 5.74) is 1.10. The minimum Gasteiger partial charge on any atom is -0.356 e. The third kappa shape index (κ3) is 4.66.